The first kappa shape index (κ1) is 18.5. The molecule has 2 aliphatic heterocycles. The largest absolute Gasteiger partial charge is 0.322 e. The van der Waals surface area contributed by atoms with Crippen LogP contribution in [-0.2, 0) is 22.7 Å². The van der Waals surface area contributed by atoms with Crippen molar-refractivity contribution >= 4 is 17.7 Å². The number of carbonyl (C=O) groups is 3. The Bertz CT molecular complexity index is 719. The minimum Gasteiger partial charge on any atom is -0.322 e. The van der Waals surface area contributed by atoms with Crippen LogP contribution in [0.3, 0.4) is 0 Å². The first-order valence-corrected chi connectivity index (χ1v) is 9.10. The Labute approximate surface area is 153 Å². The van der Waals surface area contributed by atoms with Crippen molar-refractivity contribution in [1.82, 2.24) is 20.4 Å². The van der Waals surface area contributed by atoms with Gasteiger partial charge in [-0.1, -0.05) is 12.1 Å². The highest BCUT2D eigenvalue weighted by Crippen LogP contribution is 2.30. The molecule has 1 aromatic rings. The summed E-state index contributed by atoms with van der Waals surface area (Å²) in [6.45, 7) is 3.14. The molecule has 3 rings (SSSR count). The fraction of sp³-hybridized carbons (Fsp3) is 0.526. The summed E-state index contributed by atoms with van der Waals surface area (Å²) in [5.41, 5.74) is 2.80. The van der Waals surface area contributed by atoms with Crippen molar-refractivity contribution in [3.05, 3.63) is 34.9 Å². The maximum absolute atomic E-state index is 12.8. The first-order valence-electron chi connectivity index (χ1n) is 9.10. The predicted octanol–water partition coefficient (Wildman–Crippen LogP) is 0.489. The summed E-state index contributed by atoms with van der Waals surface area (Å²) in [4.78, 5) is 40.2. The van der Waals surface area contributed by atoms with E-state index in [0.717, 1.165) is 37.2 Å². The van der Waals surface area contributed by atoms with Crippen LogP contribution < -0.4 is 10.6 Å². The van der Waals surface area contributed by atoms with Crippen LogP contribution >= 0.6 is 0 Å². The van der Waals surface area contributed by atoms with Gasteiger partial charge in [0.05, 0.1) is 0 Å². The minimum atomic E-state index is -0.561. The Hall–Kier alpha value is -2.25. The molecule has 1 atom stereocenters. The number of imide groups is 1. The van der Waals surface area contributed by atoms with Gasteiger partial charge in [0.15, 0.2) is 0 Å². The van der Waals surface area contributed by atoms with Crippen LogP contribution in [0.2, 0.25) is 0 Å². The average molecular weight is 358 g/mol. The predicted molar refractivity (Wildman–Crippen MR) is 97.4 cm³/mol. The molecule has 7 heteroatoms. The van der Waals surface area contributed by atoms with Gasteiger partial charge in [-0.15, -0.1) is 0 Å². The number of nitrogens with one attached hydrogen (secondary N) is 2. The van der Waals surface area contributed by atoms with Crippen LogP contribution in [0.1, 0.15) is 40.7 Å². The number of benzene rings is 1. The highest BCUT2D eigenvalue weighted by molar-refractivity contribution is 6.05. The van der Waals surface area contributed by atoms with Crippen LogP contribution in [-0.4, -0.2) is 60.7 Å². The molecule has 1 aromatic carbocycles. The summed E-state index contributed by atoms with van der Waals surface area (Å²) in [6.07, 6.45) is 1.73. The van der Waals surface area contributed by atoms with Crippen molar-refractivity contribution in [2.75, 3.05) is 27.2 Å². The normalized spacial score (nSPS) is 19.9. The molecule has 2 N–H and O–H groups in total. The van der Waals surface area contributed by atoms with Crippen LogP contribution in [0.4, 0.5) is 0 Å². The van der Waals surface area contributed by atoms with Gasteiger partial charge >= 0.3 is 0 Å². The van der Waals surface area contributed by atoms with Crippen molar-refractivity contribution in [1.29, 1.82) is 0 Å². The van der Waals surface area contributed by atoms with E-state index in [1.54, 1.807) is 4.90 Å². The van der Waals surface area contributed by atoms with Gasteiger partial charge in [0.25, 0.3) is 5.91 Å². The quantitative estimate of drug-likeness (QED) is 0.548. The lowest BCUT2D eigenvalue weighted by molar-refractivity contribution is -0.136. The van der Waals surface area contributed by atoms with E-state index >= 15 is 0 Å². The molecule has 2 heterocycles. The number of rotatable bonds is 7. The van der Waals surface area contributed by atoms with E-state index in [1.165, 1.54) is 0 Å². The molecule has 0 saturated carbocycles. The van der Waals surface area contributed by atoms with E-state index in [9.17, 15) is 14.4 Å². The molecule has 1 saturated heterocycles. The minimum absolute atomic E-state index is 0.116. The van der Waals surface area contributed by atoms with Crippen LogP contribution in [0.25, 0.3) is 0 Å². The van der Waals surface area contributed by atoms with E-state index in [2.05, 4.69) is 28.6 Å². The monoisotopic (exact) mass is 358 g/mol. The first-order chi connectivity index (χ1) is 12.5. The lowest BCUT2D eigenvalue weighted by Gasteiger charge is -2.29. The summed E-state index contributed by atoms with van der Waals surface area (Å²) in [5.74, 6) is -0.749. The standard InChI is InChI=1S/C19H26N4O3/c1-20-9-4-10-22(2)11-13-5-3-6-14-15(13)12-23(19(14)26)16-7-8-17(24)21-18(16)25/h3,5-6,16,20H,4,7-12H2,1-2H3,(H,21,24,25). The molecule has 3 amide bonds. The van der Waals surface area contributed by atoms with Gasteiger partial charge in [-0.25, -0.2) is 0 Å². The van der Waals surface area contributed by atoms with Crippen LogP contribution in [0.5, 0.6) is 0 Å². The Morgan fingerprint density at radius 2 is 2.12 bits per heavy atom. The lowest BCUT2D eigenvalue weighted by atomic mass is 10.0. The van der Waals surface area contributed by atoms with E-state index in [1.807, 2.05) is 19.2 Å². The maximum Gasteiger partial charge on any atom is 0.255 e. The molecule has 0 bridgehead atoms. The van der Waals surface area contributed by atoms with Crippen molar-refractivity contribution < 1.29 is 14.4 Å². The summed E-state index contributed by atoms with van der Waals surface area (Å²) in [5, 5.41) is 5.49. The lowest BCUT2D eigenvalue weighted by Crippen LogP contribution is -2.52. The van der Waals surface area contributed by atoms with E-state index in [-0.39, 0.29) is 24.1 Å². The molecular weight excluding hydrogens is 332 g/mol. The maximum atomic E-state index is 12.8. The molecule has 1 fully saturated rings. The van der Waals surface area contributed by atoms with Crippen LogP contribution in [0.15, 0.2) is 18.2 Å². The number of piperidine rings is 1. The Balaban J connectivity index is 1.73. The number of hydrogen-bond acceptors (Lipinski definition) is 5. The molecular formula is C19H26N4O3. The number of amides is 3. The molecule has 2 aliphatic rings. The summed E-state index contributed by atoms with van der Waals surface area (Å²) >= 11 is 0. The van der Waals surface area contributed by atoms with Crippen molar-refractivity contribution in [3.63, 3.8) is 0 Å². The molecule has 0 radical (unpaired) electrons. The zero-order valence-electron chi connectivity index (χ0n) is 15.4. The highest BCUT2D eigenvalue weighted by Gasteiger charge is 2.39. The SMILES string of the molecule is CNCCCN(C)Cc1cccc2c1CN(C1CCC(=O)NC1=O)C2=O. The number of carbonyl (C=O) groups excluding carboxylic acids is 3. The third kappa shape index (κ3) is 3.78. The third-order valence-corrected chi connectivity index (χ3v) is 5.09. The molecule has 1 unspecified atom stereocenters. The molecule has 7 nitrogen and oxygen atoms in total. The van der Waals surface area contributed by atoms with Crippen molar-refractivity contribution in [3.8, 4) is 0 Å². The molecule has 0 aromatic heterocycles. The average Bonchev–Trinajstić information content (AvgIpc) is 2.93. The van der Waals surface area contributed by atoms with Gasteiger partial charge in [-0.2, -0.15) is 0 Å². The summed E-state index contributed by atoms with van der Waals surface area (Å²) in [7, 11) is 4.02. The Morgan fingerprint density at radius 1 is 1.31 bits per heavy atom. The second kappa shape index (κ2) is 7.97. The molecule has 0 spiro atoms. The van der Waals surface area contributed by atoms with E-state index in [4.69, 9.17) is 0 Å². The summed E-state index contributed by atoms with van der Waals surface area (Å²) in [6, 6.07) is 5.22. The van der Waals surface area contributed by atoms with Gasteiger partial charge in [-0.05, 0) is 57.2 Å². The van der Waals surface area contributed by atoms with Crippen molar-refractivity contribution in [2.45, 2.75) is 38.4 Å². The van der Waals surface area contributed by atoms with Gasteiger partial charge in [0.2, 0.25) is 11.8 Å². The van der Waals surface area contributed by atoms with Crippen molar-refractivity contribution in [2.24, 2.45) is 0 Å². The van der Waals surface area contributed by atoms with Gasteiger partial charge in [0.1, 0.15) is 6.04 Å². The summed E-state index contributed by atoms with van der Waals surface area (Å²) < 4.78 is 0. The fourth-order valence-corrected chi connectivity index (χ4v) is 3.69. The smallest absolute Gasteiger partial charge is 0.255 e. The van der Waals surface area contributed by atoms with E-state index in [0.29, 0.717) is 18.5 Å². The fourth-order valence-electron chi connectivity index (χ4n) is 3.69. The number of hydrogen-bond donors (Lipinski definition) is 2. The van der Waals surface area contributed by atoms with Crippen LogP contribution in [0, 0.1) is 0 Å². The number of fused-ring (bicyclic) bond motifs is 1. The zero-order valence-corrected chi connectivity index (χ0v) is 15.4. The zero-order chi connectivity index (χ0) is 18.7. The number of nitrogens with zero attached hydrogens (tertiary/aromatic N) is 2. The van der Waals surface area contributed by atoms with Gasteiger partial charge in [-0.3, -0.25) is 19.7 Å². The van der Waals surface area contributed by atoms with E-state index < -0.39 is 6.04 Å². The topological polar surface area (TPSA) is 81.8 Å². The molecule has 140 valence electrons. The molecule has 0 aliphatic carbocycles. The highest BCUT2D eigenvalue weighted by atomic mass is 16.2. The second-order valence-electron chi connectivity index (χ2n) is 7.04. The van der Waals surface area contributed by atoms with Gasteiger partial charge < -0.3 is 15.1 Å². The Kier molecular flexibility index (Phi) is 5.68. The Morgan fingerprint density at radius 3 is 2.85 bits per heavy atom. The molecule has 26 heavy (non-hydrogen) atoms. The second-order valence-corrected chi connectivity index (χ2v) is 7.04. The third-order valence-electron chi connectivity index (χ3n) is 5.09. The van der Waals surface area contributed by atoms with Gasteiger partial charge in [0, 0.05) is 25.1 Å².